The van der Waals surface area contributed by atoms with E-state index in [9.17, 15) is 4.79 Å². The molecule has 0 spiro atoms. The first-order valence-electron chi connectivity index (χ1n) is 6.58. The summed E-state index contributed by atoms with van der Waals surface area (Å²) in [6, 6.07) is 0. The Bertz CT molecular complexity index is 186. The van der Waals surface area contributed by atoms with Crippen LogP contribution in [-0.2, 0) is 14.3 Å². The smallest absolute Gasteiger partial charge is 0.164 e. The first-order chi connectivity index (χ1) is 7.83. The van der Waals surface area contributed by atoms with E-state index in [1.165, 1.54) is 32.1 Å². The van der Waals surface area contributed by atoms with Crippen molar-refractivity contribution in [3.8, 4) is 0 Å². The maximum Gasteiger partial charge on any atom is 0.164 e. The highest BCUT2D eigenvalue weighted by Gasteiger charge is 2.18. The zero-order valence-corrected chi connectivity index (χ0v) is 10.4. The number of Topliss-reactive ketones (excluding diaryl/α,β-unsaturated/α-hetero) is 1. The fraction of sp³-hybridized carbons (Fsp3) is 0.923. The molecule has 0 unspecified atom stereocenters. The predicted octanol–water partition coefficient (Wildman–Crippen LogP) is 3.07. The SMILES string of the molecule is CCCCCCCCC(=O)CC1OCCO1. The molecule has 0 aliphatic carbocycles. The van der Waals surface area contributed by atoms with E-state index in [4.69, 9.17) is 9.47 Å². The van der Waals surface area contributed by atoms with Crippen molar-refractivity contribution in [3.63, 3.8) is 0 Å². The van der Waals surface area contributed by atoms with Gasteiger partial charge in [0, 0.05) is 6.42 Å². The van der Waals surface area contributed by atoms with Gasteiger partial charge in [-0.05, 0) is 6.42 Å². The van der Waals surface area contributed by atoms with Gasteiger partial charge in [-0.15, -0.1) is 0 Å². The Kier molecular flexibility index (Phi) is 7.43. The summed E-state index contributed by atoms with van der Waals surface area (Å²) in [5, 5.41) is 0. The number of unbranched alkanes of at least 4 members (excludes halogenated alkanes) is 5. The van der Waals surface area contributed by atoms with E-state index in [1.807, 2.05) is 0 Å². The van der Waals surface area contributed by atoms with E-state index in [-0.39, 0.29) is 12.1 Å². The Labute approximate surface area is 98.5 Å². The number of ether oxygens (including phenoxy) is 2. The highest BCUT2D eigenvalue weighted by Crippen LogP contribution is 2.12. The van der Waals surface area contributed by atoms with Crippen LogP contribution in [0.25, 0.3) is 0 Å². The predicted molar refractivity (Wildman–Crippen MR) is 63.3 cm³/mol. The van der Waals surface area contributed by atoms with Gasteiger partial charge in [0.25, 0.3) is 0 Å². The average molecular weight is 228 g/mol. The Balaban J connectivity index is 1.89. The fourth-order valence-corrected chi connectivity index (χ4v) is 1.92. The summed E-state index contributed by atoms with van der Waals surface area (Å²) in [6.07, 6.45) is 8.23. The maximum atomic E-state index is 11.5. The topological polar surface area (TPSA) is 35.5 Å². The Morgan fingerprint density at radius 2 is 1.69 bits per heavy atom. The van der Waals surface area contributed by atoms with Gasteiger partial charge in [0.1, 0.15) is 5.78 Å². The van der Waals surface area contributed by atoms with Gasteiger partial charge in [0.2, 0.25) is 0 Å². The fourth-order valence-electron chi connectivity index (χ4n) is 1.92. The van der Waals surface area contributed by atoms with Gasteiger partial charge in [-0.3, -0.25) is 4.79 Å². The van der Waals surface area contributed by atoms with Gasteiger partial charge in [-0.2, -0.15) is 0 Å². The molecule has 0 radical (unpaired) electrons. The highest BCUT2D eigenvalue weighted by molar-refractivity contribution is 5.78. The van der Waals surface area contributed by atoms with E-state index in [1.54, 1.807) is 0 Å². The lowest BCUT2D eigenvalue weighted by Gasteiger charge is -2.07. The van der Waals surface area contributed by atoms with Crippen LogP contribution >= 0.6 is 0 Å². The molecule has 0 N–H and O–H groups in total. The second kappa shape index (κ2) is 8.71. The summed E-state index contributed by atoms with van der Waals surface area (Å²) in [6.45, 7) is 3.48. The molecule has 0 saturated carbocycles. The normalized spacial score (nSPS) is 16.8. The van der Waals surface area contributed by atoms with E-state index in [0.717, 1.165) is 6.42 Å². The minimum absolute atomic E-state index is 0.257. The standard InChI is InChI=1S/C13H24O3/c1-2-3-4-5-6-7-8-12(14)11-13-15-9-10-16-13/h13H,2-11H2,1H3. The van der Waals surface area contributed by atoms with Crippen LogP contribution in [0.4, 0.5) is 0 Å². The molecule has 0 bridgehead atoms. The van der Waals surface area contributed by atoms with Gasteiger partial charge in [0.05, 0.1) is 19.6 Å². The molecule has 16 heavy (non-hydrogen) atoms. The van der Waals surface area contributed by atoms with Crippen molar-refractivity contribution in [1.29, 1.82) is 0 Å². The summed E-state index contributed by atoms with van der Waals surface area (Å²) >= 11 is 0. The van der Waals surface area contributed by atoms with Crippen molar-refractivity contribution in [2.75, 3.05) is 13.2 Å². The van der Waals surface area contributed by atoms with Crippen molar-refractivity contribution in [3.05, 3.63) is 0 Å². The Hall–Kier alpha value is -0.410. The van der Waals surface area contributed by atoms with Crippen LogP contribution in [0.3, 0.4) is 0 Å². The molecular weight excluding hydrogens is 204 g/mol. The van der Waals surface area contributed by atoms with E-state index >= 15 is 0 Å². The van der Waals surface area contributed by atoms with Gasteiger partial charge in [-0.1, -0.05) is 39.0 Å². The summed E-state index contributed by atoms with van der Waals surface area (Å²) in [5.41, 5.74) is 0. The lowest BCUT2D eigenvalue weighted by Crippen LogP contribution is -2.14. The number of rotatable bonds is 9. The number of hydrogen-bond acceptors (Lipinski definition) is 3. The molecule has 0 aromatic heterocycles. The molecule has 3 heteroatoms. The van der Waals surface area contributed by atoms with Crippen LogP contribution in [0.15, 0.2) is 0 Å². The second-order valence-corrected chi connectivity index (χ2v) is 4.43. The van der Waals surface area contributed by atoms with Crippen LogP contribution in [0.2, 0.25) is 0 Å². The molecular formula is C13H24O3. The first-order valence-corrected chi connectivity index (χ1v) is 6.58. The monoisotopic (exact) mass is 228 g/mol. The number of hydrogen-bond donors (Lipinski definition) is 0. The molecule has 0 atom stereocenters. The van der Waals surface area contributed by atoms with Crippen molar-refractivity contribution in [2.45, 2.75) is 64.6 Å². The molecule has 1 fully saturated rings. The van der Waals surface area contributed by atoms with Crippen LogP contribution < -0.4 is 0 Å². The summed E-state index contributed by atoms with van der Waals surface area (Å²) < 4.78 is 10.5. The molecule has 1 aliphatic heterocycles. The molecule has 94 valence electrons. The van der Waals surface area contributed by atoms with Crippen LogP contribution in [0, 0.1) is 0 Å². The van der Waals surface area contributed by atoms with Gasteiger partial charge in [0.15, 0.2) is 6.29 Å². The quantitative estimate of drug-likeness (QED) is 0.569. The van der Waals surface area contributed by atoms with E-state index in [2.05, 4.69) is 6.92 Å². The molecule has 1 heterocycles. The maximum absolute atomic E-state index is 11.5. The minimum atomic E-state index is -0.257. The lowest BCUT2D eigenvalue weighted by atomic mass is 10.1. The van der Waals surface area contributed by atoms with Crippen LogP contribution in [0.5, 0.6) is 0 Å². The van der Waals surface area contributed by atoms with Crippen LogP contribution in [0.1, 0.15) is 58.3 Å². The van der Waals surface area contributed by atoms with Crippen molar-refractivity contribution in [2.24, 2.45) is 0 Å². The van der Waals surface area contributed by atoms with Gasteiger partial charge >= 0.3 is 0 Å². The van der Waals surface area contributed by atoms with Crippen LogP contribution in [-0.4, -0.2) is 25.3 Å². The Morgan fingerprint density at radius 1 is 1.06 bits per heavy atom. The molecule has 1 rings (SSSR count). The van der Waals surface area contributed by atoms with E-state index < -0.39 is 0 Å². The zero-order chi connectivity index (χ0) is 11.6. The molecule has 0 aromatic carbocycles. The largest absolute Gasteiger partial charge is 0.350 e. The average Bonchev–Trinajstić information content (AvgIpc) is 2.76. The third-order valence-electron chi connectivity index (χ3n) is 2.89. The number of ketones is 1. The third kappa shape index (κ3) is 6.23. The molecule has 3 nitrogen and oxygen atoms in total. The van der Waals surface area contributed by atoms with E-state index in [0.29, 0.717) is 26.1 Å². The summed E-state index contributed by atoms with van der Waals surface area (Å²) in [5.74, 6) is 0.280. The van der Waals surface area contributed by atoms with Crippen molar-refractivity contribution in [1.82, 2.24) is 0 Å². The van der Waals surface area contributed by atoms with Gasteiger partial charge < -0.3 is 9.47 Å². The molecule has 1 aliphatic rings. The van der Waals surface area contributed by atoms with Crippen molar-refractivity contribution >= 4 is 5.78 Å². The molecule has 0 aromatic rings. The lowest BCUT2D eigenvalue weighted by molar-refractivity contribution is -0.127. The summed E-state index contributed by atoms with van der Waals surface area (Å²) in [4.78, 5) is 11.5. The van der Waals surface area contributed by atoms with Gasteiger partial charge in [-0.25, -0.2) is 0 Å². The molecule has 0 amide bonds. The third-order valence-corrected chi connectivity index (χ3v) is 2.89. The first kappa shape index (κ1) is 13.7. The number of carbonyl (C=O) groups excluding carboxylic acids is 1. The Morgan fingerprint density at radius 3 is 2.38 bits per heavy atom. The molecule has 1 saturated heterocycles. The van der Waals surface area contributed by atoms with Crippen molar-refractivity contribution < 1.29 is 14.3 Å². The zero-order valence-electron chi connectivity index (χ0n) is 10.4. The number of carbonyl (C=O) groups is 1. The minimum Gasteiger partial charge on any atom is -0.350 e. The highest BCUT2D eigenvalue weighted by atomic mass is 16.7. The summed E-state index contributed by atoms with van der Waals surface area (Å²) in [7, 11) is 0. The second-order valence-electron chi connectivity index (χ2n) is 4.43.